The highest BCUT2D eigenvalue weighted by Gasteiger charge is 2.18. The van der Waals surface area contributed by atoms with Crippen LogP contribution in [0, 0.1) is 0 Å². The molecule has 0 amide bonds. The summed E-state index contributed by atoms with van der Waals surface area (Å²) in [5.41, 5.74) is -0.822. The lowest BCUT2D eigenvalue weighted by molar-refractivity contribution is -0.131. The zero-order chi connectivity index (χ0) is 16.8. The van der Waals surface area contributed by atoms with Crippen LogP contribution in [0.25, 0.3) is 11.0 Å². The second-order valence-corrected chi connectivity index (χ2v) is 4.81. The van der Waals surface area contributed by atoms with Crippen molar-refractivity contribution in [2.24, 2.45) is 0 Å². The summed E-state index contributed by atoms with van der Waals surface area (Å²) >= 11 is 0. The predicted octanol–water partition coefficient (Wildman–Crippen LogP) is 3.16. The number of carbonyl (C=O) groups is 1. The van der Waals surface area contributed by atoms with Crippen LogP contribution >= 0.6 is 0 Å². The lowest BCUT2D eigenvalue weighted by Gasteiger charge is -2.09. The molecule has 2 aromatic rings. The fourth-order valence-corrected chi connectivity index (χ4v) is 2.04. The summed E-state index contributed by atoms with van der Waals surface area (Å²) in [5, 5.41) is 10.5. The smallest absolute Gasteiger partial charge is 0.383 e. The molecule has 1 heterocycles. The van der Waals surface area contributed by atoms with Crippen LogP contribution in [-0.2, 0) is 4.79 Å². The first-order chi connectivity index (χ1) is 11.0. The number of aromatic hydroxyl groups is 1. The van der Waals surface area contributed by atoms with Crippen molar-refractivity contribution in [1.29, 1.82) is 0 Å². The Hall–Kier alpha value is -2.76. The Kier molecular flexibility index (Phi) is 5.41. The molecule has 0 spiro atoms. The Balaban J connectivity index is 2.36. The maximum absolute atomic E-state index is 12.0. The minimum Gasteiger partial charge on any atom is -0.504 e. The van der Waals surface area contributed by atoms with Gasteiger partial charge in [-0.2, -0.15) is 0 Å². The van der Waals surface area contributed by atoms with Gasteiger partial charge in [-0.15, -0.1) is 0 Å². The van der Waals surface area contributed by atoms with Crippen LogP contribution in [0.2, 0.25) is 0 Å². The van der Waals surface area contributed by atoms with Gasteiger partial charge >= 0.3 is 11.6 Å². The first-order valence-electron chi connectivity index (χ1n) is 7.29. The van der Waals surface area contributed by atoms with Crippen LogP contribution in [0.4, 0.5) is 0 Å². The van der Waals surface area contributed by atoms with Gasteiger partial charge in [0.2, 0.25) is 5.75 Å². The van der Waals surface area contributed by atoms with E-state index in [2.05, 4.69) is 0 Å². The monoisotopic (exact) mass is 318 g/mol. The van der Waals surface area contributed by atoms with Crippen LogP contribution in [0.3, 0.4) is 0 Å². The van der Waals surface area contributed by atoms with Gasteiger partial charge in [0.1, 0.15) is 0 Å². The number of hydrogen-bond acceptors (Lipinski definition) is 6. The number of carbonyl (C=O) groups excluding carboxylic acids is 1. The Morgan fingerprint density at radius 2 is 2.13 bits per heavy atom. The molecule has 0 radical (unpaired) electrons. The van der Waals surface area contributed by atoms with Gasteiger partial charge < -0.3 is 19.0 Å². The molecule has 2 rings (SSSR count). The van der Waals surface area contributed by atoms with E-state index in [9.17, 15) is 14.7 Å². The van der Waals surface area contributed by atoms with Gasteiger partial charge in [-0.3, -0.25) is 4.79 Å². The summed E-state index contributed by atoms with van der Waals surface area (Å²) in [4.78, 5) is 23.1. The normalized spacial score (nSPS) is 11.0. The summed E-state index contributed by atoms with van der Waals surface area (Å²) in [7, 11) is 0. The maximum Gasteiger partial charge on any atom is 0.383 e. The highest BCUT2D eigenvalue weighted by Crippen LogP contribution is 2.35. The third-order valence-corrected chi connectivity index (χ3v) is 3.02. The minimum atomic E-state index is -0.825. The van der Waals surface area contributed by atoms with E-state index in [0.717, 1.165) is 6.42 Å². The molecule has 0 saturated carbocycles. The molecule has 1 aromatic carbocycles. The fourth-order valence-electron chi connectivity index (χ4n) is 2.04. The molecule has 0 aliphatic heterocycles. The molecule has 0 atom stereocenters. The zero-order valence-corrected chi connectivity index (χ0v) is 13.0. The molecular formula is C17H18O6. The first kappa shape index (κ1) is 16.6. The molecule has 0 aliphatic rings. The van der Waals surface area contributed by atoms with Gasteiger partial charge in [-0.1, -0.05) is 25.1 Å². The van der Waals surface area contributed by atoms with Gasteiger partial charge in [0.25, 0.3) is 0 Å². The lowest BCUT2D eigenvalue weighted by atomic mass is 10.2. The van der Waals surface area contributed by atoms with Crippen LogP contribution in [0.1, 0.15) is 26.7 Å². The summed E-state index contributed by atoms with van der Waals surface area (Å²) in [6.07, 6.45) is 5.44. The van der Waals surface area contributed by atoms with E-state index in [0.29, 0.717) is 6.42 Å². The van der Waals surface area contributed by atoms with Crippen LogP contribution in [-0.4, -0.2) is 17.7 Å². The standard InChI is InChI=1S/C17H18O6/c1-3-4-5-6-10-21-16-14(19)12-8-7-9-13(22-11(2)18)15(12)23-17(16)20/h4-5,7-9,19H,3,6,10H2,1-2H3. The summed E-state index contributed by atoms with van der Waals surface area (Å²) < 4.78 is 15.4. The van der Waals surface area contributed by atoms with Crippen molar-refractivity contribution < 1.29 is 23.8 Å². The van der Waals surface area contributed by atoms with E-state index < -0.39 is 11.6 Å². The van der Waals surface area contributed by atoms with Crippen molar-refractivity contribution in [2.75, 3.05) is 6.61 Å². The van der Waals surface area contributed by atoms with E-state index >= 15 is 0 Å². The number of esters is 1. The highest BCUT2D eigenvalue weighted by atomic mass is 16.5. The SMILES string of the molecule is CCC=CCCOc1c(O)c2cccc(OC(C)=O)c2oc1=O. The van der Waals surface area contributed by atoms with Crippen LogP contribution in [0.5, 0.6) is 17.2 Å². The molecule has 122 valence electrons. The zero-order valence-electron chi connectivity index (χ0n) is 13.0. The van der Waals surface area contributed by atoms with Gasteiger partial charge in [-0.25, -0.2) is 4.79 Å². The van der Waals surface area contributed by atoms with Crippen LogP contribution in [0.15, 0.2) is 39.6 Å². The second-order valence-electron chi connectivity index (χ2n) is 4.81. The summed E-state index contributed by atoms with van der Waals surface area (Å²) in [6.45, 7) is 3.49. The average Bonchev–Trinajstić information content (AvgIpc) is 2.50. The fraction of sp³-hybridized carbons (Fsp3) is 0.294. The van der Waals surface area contributed by atoms with Gasteiger partial charge in [-0.05, 0) is 25.0 Å². The Morgan fingerprint density at radius 1 is 1.35 bits per heavy atom. The van der Waals surface area contributed by atoms with Gasteiger partial charge in [0, 0.05) is 6.92 Å². The van der Waals surface area contributed by atoms with Gasteiger partial charge in [0.15, 0.2) is 17.1 Å². The Bertz CT molecular complexity index is 788. The van der Waals surface area contributed by atoms with E-state index in [-0.39, 0.29) is 34.8 Å². The first-order valence-corrected chi connectivity index (χ1v) is 7.29. The molecule has 0 aliphatic carbocycles. The predicted molar refractivity (Wildman–Crippen MR) is 85.0 cm³/mol. The third kappa shape index (κ3) is 3.91. The van der Waals surface area contributed by atoms with Crippen molar-refractivity contribution in [3.8, 4) is 17.2 Å². The molecule has 23 heavy (non-hydrogen) atoms. The molecule has 6 heteroatoms. The number of ether oxygens (including phenoxy) is 2. The quantitative estimate of drug-likeness (QED) is 0.289. The summed E-state index contributed by atoms with van der Waals surface area (Å²) in [6, 6.07) is 4.60. The number of fused-ring (bicyclic) bond motifs is 1. The largest absolute Gasteiger partial charge is 0.504 e. The van der Waals surface area contributed by atoms with E-state index in [1.807, 2.05) is 19.1 Å². The lowest BCUT2D eigenvalue weighted by Crippen LogP contribution is -2.09. The summed E-state index contributed by atoms with van der Waals surface area (Å²) in [5.74, 6) is -1.06. The number of rotatable bonds is 6. The van der Waals surface area contributed by atoms with Crippen molar-refractivity contribution in [2.45, 2.75) is 26.7 Å². The molecule has 1 N–H and O–H groups in total. The molecule has 0 bridgehead atoms. The van der Waals surface area contributed by atoms with E-state index in [1.165, 1.54) is 13.0 Å². The van der Waals surface area contributed by atoms with Crippen molar-refractivity contribution >= 4 is 16.9 Å². The van der Waals surface area contributed by atoms with Gasteiger partial charge in [0.05, 0.1) is 12.0 Å². The number of benzene rings is 1. The molecular weight excluding hydrogens is 300 g/mol. The number of hydrogen-bond donors (Lipinski definition) is 1. The van der Waals surface area contributed by atoms with Crippen molar-refractivity contribution in [3.05, 3.63) is 40.8 Å². The number of allylic oxidation sites excluding steroid dienone is 1. The van der Waals surface area contributed by atoms with E-state index in [1.54, 1.807) is 12.1 Å². The third-order valence-electron chi connectivity index (χ3n) is 3.02. The molecule has 0 fully saturated rings. The van der Waals surface area contributed by atoms with Crippen molar-refractivity contribution in [1.82, 2.24) is 0 Å². The Labute approximate surface area is 132 Å². The van der Waals surface area contributed by atoms with Crippen molar-refractivity contribution in [3.63, 3.8) is 0 Å². The molecule has 6 nitrogen and oxygen atoms in total. The maximum atomic E-state index is 12.0. The molecule has 0 saturated heterocycles. The number of para-hydroxylation sites is 1. The topological polar surface area (TPSA) is 86.0 Å². The minimum absolute atomic E-state index is 0.00317. The Morgan fingerprint density at radius 3 is 2.83 bits per heavy atom. The van der Waals surface area contributed by atoms with Crippen LogP contribution < -0.4 is 15.1 Å². The highest BCUT2D eigenvalue weighted by molar-refractivity contribution is 5.90. The van der Waals surface area contributed by atoms with E-state index in [4.69, 9.17) is 13.9 Å². The average molecular weight is 318 g/mol. The molecule has 0 unspecified atom stereocenters. The molecule has 1 aromatic heterocycles. The second kappa shape index (κ2) is 7.49.